The smallest absolute Gasteiger partial charge is 0.0409 e. The molecule has 1 N–H and O–H groups in total. The van der Waals surface area contributed by atoms with Crippen molar-refractivity contribution in [2.75, 3.05) is 18.6 Å². The fraction of sp³-hybridized carbons (Fsp3) is 0.500. The molecule has 0 bridgehead atoms. The van der Waals surface area contributed by atoms with Gasteiger partial charge in [-0.15, -0.1) is 0 Å². The molecule has 0 heterocycles. The van der Waals surface area contributed by atoms with Crippen LogP contribution in [0.4, 0.5) is 0 Å². The van der Waals surface area contributed by atoms with E-state index in [1.54, 1.807) is 0 Å². The highest BCUT2D eigenvalue weighted by atomic mass is 32.2. The minimum Gasteiger partial charge on any atom is -0.312 e. The lowest BCUT2D eigenvalue weighted by Gasteiger charge is -2.15. The average Bonchev–Trinajstić information content (AvgIpc) is 2.21. The fourth-order valence-electron chi connectivity index (χ4n) is 1.38. The van der Waals surface area contributed by atoms with Crippen LogP contribution >= 0.6 is 11.8 Å². The number of thioether (sulfide) groups is 1. The second-order valence-corrected chi connectivity index (χ2v) is 4.73. The van der Waals surface area contributed by atoms with Crippen LogP contribution in [-0.2, 0) is 0 Å². The second kappa shape index (κ2) is 6.10. The van der Waals surface area contributed by atoms with Crippen molar-refractivity contribution in [3.05, 3.63) is 35.4 Å². The zero-order chi connectivity index (χ0) is 10.4. The Bertz CT molecular complexity index is 256. The maximum Gasteiger partial charge on any atom is 0.0409 e. The van der Waals surface area contributed by atoms with E-state index in [1.165, 1.54) is 16.9 Å². The van der Waals surface area contributed by atoms with Crippen LogP contribution in [0.5, 0.6) is 0 Å². The van der Waals surface area contributed by atoms with Gasteiger partial charge in [-0.05, 0) is 25.3 Å². The van der Waals surface area contributed by atoms with Crippen LogP contribution in [-0.4, -0.2) is 18.6 Å². The predicted molar refractivity (Wildman–Crippen MR) is 66.0 cm³/mol. The molecule has 0 saturated carbocycles. The number of nitrogens with one attached hydrogen (secondary N) is 1. The third kappa shape index (κ3) is 3.35. The Hall–Kier alpha value is -0.470. The van der Waals surface area contributed by atoms with Crippen LogP contribution in [0.25, 0.3) is 0 Å². The molecule has 0 aliphatic heterocycles. The first-order valence-electron chi connectivity index (χ1n) is 5.09. The molecule has 0 aliphatic carbocycles. The summed E-state index contributed by atoms with van der Waals surface area (Å²) in [4.78, 5) is 0. The average molecular weight is 209 g/mol. The first-order valence-corrected chi connectivity index (χ1v) is 6.25. The number of hydrogen-bond donors (Lipinski definition) is 1. The van der Waals surface area contributed by atoms with Gasteiger partial charge >= 0.3 is 0 Å². The molecule has 0 fully saturated rings. The van der Waals surface area contributed by atoms with E-state index in [9.17, 15) is 0 Å². The van der Waals surface area contributed by atoms with E-state index in [0.29, 0.717) is 6.04 Å². The zero-order valence-electron chi connectivity index (χ0n) is 9.21. The second-order valence-electron chi connectivity index (χ2n) is 3.41. The normalized spacial score (nSPS) is 12.8. The molecule has 1 atom stereocenters. The SMILES string of the molecule is CCSCC(NC)c1ccc(C)cc1. The number of aryl methyl sites for hydroxylation is 1. The van der Waals surface area contributed by atoms with E-state index in [-0.39, 0.29) is 0 Å². The van der Waals surface area contributed by atoms with Crippen molar-refractivity contribution in [3.63, 3.8) is 0 Å². The van der Waals surface area contributed by atoms with Gasteiger partial charge in [0.2, 0.25) is 0 Å². The molecule has 1 nitrogen and oxygen atoms in total. The van der Waals surface area contributed by atoms with Crippen molar-refractivity contribution in [2.45, 2.75) is 19.9 Å². The minimum atomic E-state index is 0.487. The molecule has 0 saturated heterocycles. The topological polar surface area (TPSA) is 12.0 Å². The van der Waals surface area contributed by atoms with Crippen LogP contribution in [0.2, 0.25) is 0 Å². The lowest BCUT2D eigenvalue weighted by atomic mass is 10.1. The summed E-state index contributed by atoms with van der Waals surface area (Å²) in [6.07, 6.45) is 0. The van der Waals surface area contributed by atoms with Crippen molar-refractivity contribution >= 4 is 11.8 Å². The Morgan fingerprint density at radius 3 is 2.43 bits per heavy atom. The third-order valence-corrected chi connectivity index (χ3v) is 3.29. The van der Waals surface area contributed by atoms with Crippen LogP contribution in [0.15, 0.2) is 24.3 Å². The van der Waals surface area contributed by atoms with E-state index in [0.717, 1.165) is 5.75 Å². The van der Waals surface area contributed by atoms with Gasteiger partial charge in [-0.25, -0.2) is 0 Å². The van der Waals surface area contributed by atoms with Crippen molar-refractivity contribution in [3.8, 4) is 0 Å². The van der Waals surface area contributed by atoms with Gasteiger partial charge in [-0.3, -0.25) is 0 Å². The van der Waals surface area contributed by atoms with Crippen molar-refractivity contribution in [1.29, 1.82) is 0 Å². The summed E-state index contributed by atoms with van der Waals surface area (Å²) in [6, 6.07) is 9.27. The summed E-state index contributed by atoms with van der Waals surface area (Å²) in [5.74, 6) is 2.33. The summed E-state index contributed by atoms with van der Waals surface area (Å²) in [5, 5.41) is 3.35. The Morgan fingerprint density at radius 1 is 1.29 bits per heavy atom. The van der Waals surface area contributed by atoms with Gasteiger partial charge in [0.1, 0.15) is 0 Å². The standard InChI is InChI=1S/C12H19NS/c1-4-14-9-12(13-3)11-7-5-10(2)6-8-11/h5-8,12-13H,4,9H2,1-3H3. The molecule has 0 radical (unpaired) electrons. The monoisotopic (exact) mass is 209 g/mol. The minimum absolute atomic E-state index is 0.487. The third-order valence-electron chi connectivity index (χ3n) is 2.32. The quantitative estimate of drug-likeness (QED) is 0.800. The van der Waals surface area contributed by atoms with Crippen molar-refractivity contribution in [2.24, 2.45) is 0 Å². The summed E-state index contributed by atoms with van der Waals surface area (Å²) >= 11 is 1.98. The van der Waals surface area contributed by atoms with Crippen molar-refractivity contribution < 1.29 is 0 Å². The van der Waals surface area contributed by atoms with E-state index in [1.807, 2.05) is 18.8 Å². The highest BCUT2D eigenvalue weighted by Gasteiger charge is 2.07. The number of benzene rings is 1. The molecule has 0 amide bonds. The van der Waals surface area contributed by atoms with Crippen LogP contribution in [0.1, 0.15) is 24.1 Å². The molecule has 1 aromatic rings. The molecule has 1 aromatic carbocycles. The molecule has 14 heavy (non-hydrogen) atoms. The highest BCUT2D eigenvalue weighted by Crippen LogP contribution is 2.18. The van der Waals surface area contributed by atoms with Crippen LogP contribution in [0.3, 0.4) is 0 Å². The van der Waals surface area contributed by atoms with Gasteiger partial charge in [0.05, 0.1) is 0 Å². The molecule has 1 unspecified atom stereocenters. The van der Waals surface area contributed by atoms with E-state index >= 15 is 0 Å². The van der Waals surface area contributed by atoms with Gasteiger partial charge in [-0.1, -0.05) is 36.8 Å². The van der Waals surface area contributed by atoms with Crippen molar-refractivity contribution in [1.82, 2.24) is 5.32 Å². The zero-order valence-corrected chi connectivity index (χ0v) is 10.0. The van der Waals surface area contributed by atoms with E-state index in [2.05, 4.69) is 43.4 Å². The molecule has 0 spiro atoms. The largest absolute Gasteiger partial charge is 0.312 e. The summed E-state index contributed by atoms with van der Waals surface area (Å²) in [6.45, 7) is 4.32. The molecular formula is C12H19NS. The van der Waals surface area contributed by atoms with E-state index < -0.39 is 0 Å². The van der Waals surface area contributed by atoms with Gasteiger partial charge in [0.15, 0.2) is 0 Å². The maximum atomic E-state index is 3.35. The van der Waals surface area contributed by atoms with Crippen LogP contribution in [0, 0.1) is 6.92 Å². The summed E-state index contributed by atoms with van der Waals surface area (Å²) in [5.41, 5.74) is 2.71. The summed E-state index contributed by atoms with van der Waals surface area (Å²) in [7, 11) is 2.03. The lowest BCUT2D eigenvalue weighted by molar-refractivity contribution is 0.662. The molecule has 2 heteroatoms. The molecule has 78 valence electrons. The maximum absolute atomic E-state index is 3.35. The number of hydrogen-bond acceptors (Lipinski definition) is 2. The molecule has 0 aliphatic rings. The summed E-state index contributed by atoms with van der Waals surface area (Å²) < 4.78 is 0. The predicted octanol–water partition coefficient (Wildman–Crippen LogP) is 3.01. The number of rotatable bonds is 5. The first-order chi connectivity index (χ1) is 6.77. The van der Waals surface area contributed by atoms with Gasteiger partial charge in [0, 0.05) is 11.8 Å². The van der Waals surface area contributed by atoms with Gasteiger partial charge in [0.25, 0.3) is 0 Å². The van der Waals surface area contributed by atoms with Gasteiger partial charge < -0.3 is 5.32 Å². The lowest BCUT2D eigenvalue weighted by Crippen LogP contribution is -2.18. The highest BCUT2D eigenvalue weighted by molar-refractivity contribution is 7.99. The van der Waals surface area contributed by atoms with Crippen LogP contribution < -0.4 is 5.32 Å². The molecule has 1 rings (SSSR count). The van der Waals surface area contributed by atoms with Gasteiger partial charge in [-0.2, -0.15) is 11.8 Å². The van der Waals surface area contributed by atoms with E-state index in [4.69, 9.17) is 0 Å². The Kier molecular flexibility index (Phi) is 5.05. The Labute approximate surface area is 91.3 Å². The fourth-order valence-corrected chi connectivity index (χ4v) is 2.21. The Morgan fingerprint density at radius 2 is 1.93 bits per heavy atom. The Balaban J connectivity index is 2.64. The molecule has 0 aromatic heterocycles. The first kappa shape index (κ1) is 11.6. The molecular weight excluding hydrogens is 190 g/mol.